The maximum atomic E-state index is 6.31. The van der Waals surface area contributed by atoms with Crippen LogP contribution in [0.15, 0.2) is 197 Å². The molecule has 3 heterocycles. The van der Waals surface area contributed by atoms with Gasteiger partial charge >= 0.3 is 0 Å². The summed E-state index contributed by atoms with van der Waals surface area (Å²) >= 11 is 0. The van der Waals surface area contributed by atoms with Gasteiger partial charge in [0, 0.05) is 38.2 Å². The number of aromatic nitrogens is 3. The van der Waals surface area contributed by atoms with Gasteiger partial charge < -0.3 is 8.83 Å². The Balaban J connectivity index is 1.08. The van der Waals surface area contributed by atoms with Crippen molar-refractivity contribution in [3.05, 3.63) is 210 Å². The number of para-hydroxylation sites is 2. The van der Waals surface area contributed by atoms with E-state index in [4.69, 9.17) is 23.8 Å². The molecule has 12 rings (SSSR count). The van der Waals surface area contributed by atoms with E-state index >= 15 is 0 Å². The minimum absolute atomic E-state index is 0.494. The van der Waals surface area contributed by atoms with Crippen LogP contribution in [-0.4, -0.2) is 15.0 Å². The summed E-state index contributed by atoms with van der Waals surface area (Å²) in [6, 6.07) is 65.8. The highest BCUT2D eigenvalue weighted by atomic mass is 16.3. The van der Waals surface area contributed by atoms with Crippen molar-refractivity contribution in [2.45, 2.75) is 5.41 Å². The van der Waals surface area contributed by atoms with Gasteiger partial charge in [0.05, 0.1) is 5.41 Å². The highest BCUT2D eigenvalue weighted by molar-refractivity contribution is 6.07. The Morgan fingerprint density at radius 1 is 0.316 bits per heavy atom. The number of hydrogen-bond donors (Lipinski definition) is 0. The van der Waals surface area contributed by atoms with Crippen molar-refractivity contribution >= 4 is 43.9 Å². The Kier molecular flexibility index (Phi) is 6.78. The number of furan rings is 2. The van der Waals surface area contributed by atoms with E-state index in [2.05, 4.69) is 140 Å². The topological polar surface area (TPSA) is 65.0 Å². The van der Waals surface area contributed by atoms with E-state index in [1.54, 1.807) is 0 Å². The Morgan fingerprint density at radius 2 is 0.737 bits per heavy atom. The summed E-state index contributed by atoms with van der Waals surface area (Å²) in [5.41, 5.74) is 12.6. The summed E-state index contributed by atoms with van der Waals surface area (Å²) in [6.07, 6.45) is 0. The van der Waals surface area contributed by atoms with Crippen molar-refractivity contribution in [2.24, 2.45) is 0 Å². The predicted molar refractivity (Wildman–Crippen MR) is 228 cm³/mol. The third-order valence-corrected chi connectivity index (χ3v) is 11.6. The van der Waals surface area contributed by atoms with E-state index in [1.807, 2.05) is 48.5 Å². The van der Waals surface area contributed by atoms with E-state index in [0.29, 0.717) is 17.5 Å². The van der Waals surface area contributed by atoms with Gasteiger partial charge in [-0.05, 0) is 75.8 Å². The minimum Gasteiger partial charge on any atom is -0.456 e. The second kappa shape index (κ2) is 12.2. The average Bonchev–Trinajstić information content (AvgIpc) is 3.94. The molecule has 266 valence electrons. The van der Waals surface area contributed by atoms with Crippen LogP contribution >= 0.6 is 0 Å². The number of benzene rings is 8. The van der Waals surface area contributed by atoms with E-state index in [1.165, 1.54) is 27.8 Å². The van der Waals surface area contributed by atoms with Crippen LogP contribution in [0, 0.1) is 0 Å². The highest BCUT2D eigenvalue weighted by Crippen LogP contribution is 2.56. The van der Waals surface area contributed by atoms with Gasteiger partial charge in [-0.25, -0.2) is 15.0 Å². The smallest absolute Gasteiger partial charge is 0.164 e. The molecule has 57 heavy (non-hydrogen) atoms. The molecule has 1 aliphatic rings. The molecule has 0 fully saturated rings. The molecule has 0 unspecified atom stereocenters. The zero-order valence-corrected chi connectivity index (χ0v) is 30.6. The standard InChI is InChI=1S/C52H31N3O2/c1-3-13-35(14-4-1)52(36-15-5-2-6-16-36)43-20-10-7-17-37(43)42-29-32(25-28-44(42)52)49-53-50(33-23-26-40-38-18-8-11-21-45(38)56-47(40)30-33)55-51(54-49)34-24-27-41-39-19-9-12-22-46(39)57-48(41)31-34/h1-31H. The molecule has 0 saturated heterocycles. The molecule has 0 bridgehead atoms. The van der Waals surface area contributed by atoms with E-state index in [0.717, 1.165) is 66.1 Å². The molecule has 0 spiro atoms. The van der Waals surface area contributed by atoms with Crippen LogP contribution in [0.5, 0.6) is 0 Å². The number of rotatable bonds is 5. The molecule has 3 aromatic heterocycles. The van der Waals surface area contributed by atoms with Crippen molar-refractivity contribution in [3.8, 4) is 45.3 Å². The second-order valence-corrected chi connectivity index (χ2v) is 14.7. The fraction of sp³-hybridized carbons (Fsp3) is 0.0192. The summed E-state index contributed by atoms with van der Waals surface area (Å²) in [5, 5.41) is 4.26. The van der Waals surface area contributed by atoms with E-state index in [-0.39, 0.29) is 0 Å². The fourth-order valence-corrected chi connectivity index (χ4v) is 9.08. The molecule has 0 atom stereocenters. The van der Waals surface area contributed by atoms with Crippen LogP contribution in [0.4, 0.5) is 0 Å². The molecule has 11 aromatic rings. The maximum Gasteiger partial charge on any atom is 0.164 e. The second-order valence-electron chi connectivity index (χ2n) is 14.7. The van der Waals surface area contributed by atoms with Crippen LogP contribution in [0.2, 0.25) is 0 Å². The first-order valence-electron chi connectivity index (χ1n) is 19.2. The average molecular weight is 730 g/mol. The van der Waals surface area contributed by atoms with Gasteiger partial charge in [-0.2, -0.15) is 0 Å². The Morgan fingerprint density at radius 3 is 1.30 bits per heavy atom. The van der Waals surface area contributed by atoms with Crippen molar-refractivity contribution < 1.29 is 8.83 Å². The zero-order chi connectivity index (χ0) is 37.5. The van der Waals surface area contributed by atoms with Crippen LogP contribution in [-0.2, 0) is 5.41 Å². The molecular formula is C52H31N3O2. The highest BCUT2D eigenvalue weighted by Gasteiger charge is 2.46. The van der Waals surface area contributed by atoms with Crippen LogP contribution in [0.25, 0.3) is 89.2 Å². The fourth-order valence-electron chi connectivity index (χ4n) is 9.08. The summed E-state index contributed by atoms with van der Waals surface area (Å²) in [7, 11) is 0. The lowest BCUT2D eigenvalue weighted by molar-refractivity contribution is 0.668. The summed E-state index contributed by atoms with van der Waals surface area (Å²) in [4.78, 5) is 15.5. The molecule has 5 heteroatoms. The van der Waals surface area contributed by atoms with Crippen LogP contribution in [0.3, 0.4) is 0 Å². The van der Waals surface area contributed by atoms with Gasteiger partial charge in [0.25, 0.3) is 0 Å². The quantitative estimate of drug-likeness (QED) is 0.176. The van der Waals surface area contributed by atoms with Gasteiger partial charge in [0.2, 0.25) is 0 Å². The molecule has 0 aliphatic heterocycles. The lowest BCUT2D eigenvalue weighted by Crippen LogP contribution is -2.28. The molecule has 0 amide bonds. The lowest BCUT2D eigenvalue weighted by Gasteiger charge is -2.33. The summed E-state index contributed by atoms with van der Waals surface area (Å²) in [6.45, 7) is 0. The molecular weight excluding hydrogens is 699 g/mol. The van der Waals surface area contributed by atoms with Crippen molar-refractivity contribution in [1.82, 2.24) is 15.0 Å². The van der Waals surface area contributed by atoms with Gasteiger partial charge in [-0.1, -0.05) is 146 Å². The van der Waals surface area contributed by atoms with Crippen molar-refractivity contribution in [2.75, 3.05) is 0 Å². The third-order valence-electron chi connectivity index (χ3n) is 11.6. The zero-order valence-electron chi connectivity index (χ0n) is 30.6. The SMILES string of the molecule is c1ccc(C2(c3ccccc3)c3ccccc3-c3cc(-c4nc(-c5ccc6c(c5)oc5ccccc56)nc(-c5ccc6c(c5)oc5ccccc56)n4)ccc32)cc1. The molecule has 5 nitrogen and oxygen atoms in total. The summed E-state index contributed by atoms with van der Waals surface area (Å²) < 4.78 is 12.6. The molecule has 0 saturated carbocycles. The number of fused-ring (bicyclic) bond motifs is 9. The van der Waals surface area contributed by atoms with Gasteiger partial charge in [-0.15, -0.1) is 0 Å². The summed E-state index contributed by atoms with van der Waals surface area (Å²) in [5.74, 6) is 1.71. The Labute approximate surface area is 327 Å². The molecule has 0 N–H and O–H groups in total. The first-order valence-corrected chi connectivity index (χ1v) is 19.2. The molecule has 0 radical (unpaired) electrons. The Bertz CT molecular complexity index is 3190. The first kappa shape index (κ1) is 31.7. The Hall–Kier alpha value is -7.63. The monoisotopic (exact) mass is 729 g/mol. The van der Waals surface area contributed by atoms with Gasteiger partial charge in [0.1, 0.15) is 22.3 Å². The number of hydrogen-bond acceptors (Lipinski definition) is 5. The van der Waals surface area contributed by atoms with Gasteiger partial charge in [-0.3, -0.25) is 0 Å². The van der Waals surface area contributed by atoms with Gasteiger partial charge in [0.15, 0.2) is 17.5 Å². The number of nitrogens with zero attached hydrogens (tertiary/aromatic N) is 3. The largest absolute Gasteiger partial charge is 0.456 e. The third kappa shape index (κ3) is 4.72. The van der Waals surface area contributed by atoms with Crippen LogP contribution < -0.4 is 0 Å². The van der Waals surface area contributed by atoms with Crippen molar-refractivity contribution in [3.63, 3.8) is 0 Å². The molecule has 1 aliphatic carbocycles. The lowest BCUT2D eigenvalue weighted by atomic mass is 9.67. The normalized spacial score (nSPS) is 13.1. The van der Waals surface area contributed by atoms with E-state index < -0.39 is 5.41 Å². The van der Waals surface area contributed by atoms with Crippen molar-refractivity contribution in [1.29, 1.82) is 0 Å². The first-order chi connectivity index (χ1) is 28.2. The van der Waals surface area contributed by atoms with Crippen LogP contribution in [0.1, 0.15) is 22.3 Å². The maximum absolute atomic E-state index is 6.31. The predicted octanol–water partition coefficient (Wildman–Crippen LogP) is 13.0. The molecule has 8 aromatic carbocycles. The minimum atomic E-state index is -0.494. The van der Waals surface area contributed by atoms with E-state index in [9.17, 15) is 0 Å².